The fraction of sp³-hybridized carbons (Fsp3) is 0.125. The number of rotatable bonds is 5. The normalized spacial score (nSPS) is 9.91. The van der Waals surface area contributed by atoms with Gasteiger partial charge in [-0.3, -0.25) is 15.0 Å². The maximum absolute atomic E-state index is 12.1. The van der Waals surface area contributed by atoms with Crippen LogP contribution in [0.25, 0.3) is 0 Å². The van der Waals surface area contributed by atoms with E-state index < -0.39 is 5.91 Å². The van der Waals surface area contributed by atoms with Gasteiger partial charge < -0.3 is 10.1 Å². The van der Waals surface area contributed by atoms with Crippen LogP contribution in [-0.4, -0.2) is 18.4 Å². The van der Waals surface area contributed by atoms with Gasteiger partial charge in [-0.05, 0) is 43.3 Å². The molecule has 0 aliphatic heterocycles. The lowest BCUT2D eigenvalue weighted by atomic mass is 10.2. The van der Waals surface area contributed by atoms with E-state index in [1.165, 1.54) is 0 Å². The summed E-state index contributed by atoms with van der Waals surface area (Å²) in [5, 5.41) is 2.80. The van der Waals surface area contributed by atoms with Gasteiger partial charge in [0.15, 0.2) is 6.61 Å². The van der Waals surface area contributed by atoms with Crippen molar-refractivity contribution in [1.82, 2.24) is 5.43 Å². The summed E-state index contributed by atoms with van der Waals surface area (Å²) in [4.78, 5) is 23.1. The van der Waals surface area contributed by atoms with Crippen molar-refractivity contribution in [2.45, 2.75) is 6.92 Å². The minimum absolute atomic E-state index is 0.175. The monoisotopic (exact) mass is 299 g/mol. The molecule has 22 heavy (non-hydrogen) atoms. The third-order valence-electron chi connectivity index (χ3n) is 2.96. The zero-order chi connectivity index (χ0) is 15.9. The highest BCUT2D eigenvalue weighted by Gasteiger charge is 2.07. The Bertz CT molecular complexity index is 651. The summed E-state index contributed by atoms with van der Waals surface area (Å²) in [6.07, 6.45) is 0. The Balaban J connectivity index is 1.96. The summed E-state index contributed by atoms with van der Waals surface area (Å²) >= 11 is 0. The standard InChI is InChI=1S/C16H17N3O3/c1-11-2-6-13(7-3-11)18-16(21)12-4-8-14(9-5-12)22-10-15(20)19-17/h2-9H,10,17H2,1H3,(H,18,21)(H,19,20). The number of nitrogens with two attached hydrogens (primary N) is 1. The summed E-state index contributed by atoms with van der Waals surface area (Å²) < 4.78 is 5.20. The van der Waals surface area contributed by atoms with Gasteiger partial charge in [-0.15, -0.1) is 0 Å². The van der Waals surface area contributed by atoms with E-state index in [4.69, 9.17) is 10.6 Å². The van der Waals surface area contributed by atoms with Crippen LogP contribution in [0.4, 0.5) is 5.69 Å². The minimum Gasteiger partial charge on any atom is -0.484 e. The molecule has 0 aliphatic carbocycles. The van der Waals surface area contributed by atoms with Crippen LogP contribution in [0, 0.1) is 6.92 Å². The van der Waals surface area contributed by atoms with Crippen LogP contribution >= 0.6 is 0 Å². The molecule has 0 bridgehead atoms. The molecule has 0 heterocycles. The van der Waals surface area contributed by atoms with Gasteiger partial charge >= 0.3 is 0 Å². The first-order valence-electron chi connectivity index (χ1n) is 6.69. The number of amides is 2. The second-order valence-electron chi connectivity index (χ2n) is 4.70. The molecule has 2 aromatic rings. The van der Waals surface area contributed by atoms with Gasteiger partial charge in [-0.2, -0.15) is 0 Å². The highest BCUT2D eigenvalue weighted by atomic mass is 16.5. The lowest BCUT2D eigenvalue weighted by Gasteiger charge is -2.07. The van der Waals surface area contributed by atoms with Gasteiger partial charge in [0.1, 0.15) is 5.75 Å². The number of carbonyl (C=O) groups excluding carboxylic acids is 2. The number of hydrazine groups is 1. The zero-order valence-electron chi connectivity index (χ0n) is 12.1. The highest BCUT2D eigenvalue weighted by molar-refractivity contribution is 6.04. The Hall–Kier alpha value is -2.86. The van der Waals surface area contributed by atoms with Gasteiger partial charge in [0.25, 0.3) is 11.8 Å². The lowest BCUT2D eigenvalue weighted by Crippen LogP contribution is -2.34. The highest BCUT2D eigenvalue weighted by Crippen LogP contribution is 2.14. The van der Waals surface area contributed by atoms with Crippen molar-refractivity contribution in [2.75, 3.05) is 11.9 Å². The van der Waals surface area contributed by atoms with Gasteiger partial charge in [-0.25, -0.2) is 5.84 Å². The number of anilines is 1. The van der Waals surface area contributed by atoms with Crippen LogP contribution in [0.2, 0.25) is 0 Å². The average Bonchev–Trinajstić information content (AvgIpc) is 2.55. The van der Waals surface area contributed by atoms with Gasteiger partial charge in [0.05, 0.1) is 0 Å². The van der Waals surface area contributed by atoms with Crippen molar-refractivity contribution in [1.29, 1.82) is 0 Å². The molecule has 0 saturated heterocycles. The molecule has 0 atom stereocenters. The van der Waals surface area contributed by atoms with E-state index in [2.05, 4.69) is 5.32 Å². The fourth-order valence-corrected chi connectivity index (χ4v) is 1.73. The fourth-order valence-electron chi connectivity index (χ4n) is 1.73. The minimum atomic E-state index is -0.429. The Labute approximate surface area is 128 Å². The van der Waals surface area contributed by atoms with E-state index in [1.54, 1.807) is 24.3 Å². The van der Waals surface area contributed by atoms with Crippen molar-refractivity contribution >= 4 is 17.5 Å². The topological polar surface area (TPSA) is 93.4 Å². The van der Waals surface area contributed by atoms with Crippen LogP contribution in [0.3, 0.4) is 0 Å². The molecule has 0 spiro atoms. The molecule has 6 heteroatoms. The van der Waals surface area contributed by atoms with Crippen molar-refractivity contribution in [3.63, 3.8) is 0 Å². The molecule has 114 valence electrons. The van der Waals surface area contributed by atoms with Crippen LogP contribution < -0.4 is 21.3 Å². The molecule has 0 radical (unpaired) electrons. The van der Waals surface area contributed by atoms with E-state index in [0.717, 1.165) is 11.3 Å². The maximum atomic E-state index is 12.1. The molecule has 0 saturated carbocycles. The summed E-state index contributed by atoms with van der Waals surface area (Å²) in [6, 6.07) is 14.0. The smallest absolute Gasteiger partial charge is 0.271 e. The number of ether oxygens (including phenoxy) is 1. The number of nitrogens with one attached hydrogen (secondary N) is 2. The third-order valence-corrected chi connectivity index (χ3v) is 2.96. The number of hydrogen-bond donors (Lipinski definition) is 3. The summed E-state index contributed by atoms with van der Waals surface area (Å²) in [7, 11) is 0. The van der Waals surface area contributed by atoms with Crippen molar-refractivity contribution in [3.05, 3.63) is 59.7 Å². The molecule has 0 unspecified atom stereocenters. The second kappa shape index (κ2) is 7.24. The second-order valence-corrected chi connectivity index (χ2v) is 4.70. The maximum Gasteiger partial charge on any atom is 0.271 e. The van der Waals surface area contributed by atoms with Crippen LogP contribution in [0.1, 0.15) is 15.9 Å². The Morgan fingerprint density at radius 1 is 1.05 bits per heavy atom. The predicted octanol–water partition coefficient (Wildman–Crippen LogP) is 1.62. The molecule has 6 nitrogen and oxygen atoms in total. The number of carbonyl (C=O) groups is 2. The van der Waals surface area contributed by atoms with Crippen LogP contribution in [0.5, 0.6) is 5.75 Å². The molecule has 2 amide bonds. The van der Waals surface area contributed by atoms with Crippen molar-refractivity contribution in [3.8, 4) is 5.75 Å². The van der Waals surface area contributed by atoms with E-state index in [0.29, 0.717) is 11.3 Å². The van der Waals surface area contributed by atoms with E-state index in [1.807, 2.05) is 36.6 Å². The molecule has 0 aliphatic rings. The first kappa shape index (κ1) is 15.5. The molecular weight excluding hydrogens is 282 g/mol. The summed E-state index contributed by atoms with van der Waals surface area (Å²) in [5.74, 6) is 4.79. The predicted molar refractivity (Wildman–Crippen MR) is 83.4 cm³/mol. The Morgan fingerprint density at radius 2 is 1.68 bits per heavy atom. The third kappa shape index (κ3) is 4.32. The lowest BCUT2D eigenvalue weighted by molar-refractivity contribution is -0.123. The molecule has 2 aromatic carbocycles. The van der Waals surface area contributed by atoms with Crippen LogP contribution in [-0.2, 0) is 4.79 Å². The summed E-state index contributed by atoms with van der Waals surface area (Å²) in [5.41, 5.74) is 4.32. The van der Waals surface area contributed by atoms with Gasteiger partial charge in [0.2, 0.25) is 0 Å². The number of benzene rings is 2. The Morgan fingerprint density at radius 3 is 2.27 bits per heavy atom. The first-order valence-corrected chi connectivity index (χ1v) is 6.69. The van der Waals surface area contributed by atoms with Crippen molar-refractivity contribution < 1.29 is 14.3 Å². The van der Waals surface area contributed by atoms with Crippen LogP contribution in [0.15, 0.2) is 48.5 Å². The van der Waals surface area contributed by atoms with E-state index >= 15 is 0 Å². The molecule has 2 rings (SSSR count). The van der Waals surface area contributed by atoms with Gasteiger partial charge in [0, 0.05) is 11.3 Å². The van der Waals surface area contributed by atoms with E-state index in [9.17, 15) is 9.59 Å². The number of hydrogen-bond acceptors (Lipinski definition) is 4. The number of aryl methyl sites for hydroxylation is 1. The first-order chi connectivity index (χ1) is 10.6. The summed E-state index contributed by atoms with van der Waals surface area (Å²) in [6.45, 7) is 1.81. The molecule has 4 N–H and O–H groups in total. The van der Waals surface area contributed by atoms with Gasteiger partial charge in [-0.1, -0.05) is 17.7 Å². The quantitative estimate of drug-likeness (QED) is 0.444. The SMILES string of the molecule is Cc1ccc(NC(=O)c2ccc(OCC(=O)NN)cc2)cc1. The van der Waals surface area contributed by atoms with Crippen molar-refractivity contribution in [2.24, 2.45) is 5.84 Å². The largest absolute Gasteiger partial charge is 0.484 e. The molecular formula is C16H17N3O3. The Kier molecular flexibility index (Phi) is 5.11. The average molecular weight is 299 g/mol. The van der Waals surface area contributed by atoms with E-state index in [-0.39, 0.29) is 12.5 Å². The molecule has 0 fully saturated rings. The molecule has 0 aromatic heterocycles. The zero-order valence-corrected chi connectivity index (χ0v) is 12.1.